The fourth-order valence-electron chi connectivity index (χ4n) is 3.56. The summed E-state index contributed by atoms with van der Waals surface area (Å²) < 4.78 is 27.6. The van der Waals surface area contributed by atoms with Crippen molar-refractivity contribution < 1.29 is 13.6 Å². The maximum atomic E-state index is 14.1. The highest BCUT2D eigenvalue weighted by atomic mass is 19.1. The average Bonchev–Trinajstić information content (AvgIpc) is 2.76. The Morgan fingerprint density at radius 3 is 2.42 bits per heavy atom. The van der Waals surface area contributed by atoms with Crippen molar-refractivity contribution in [2.45, 2.75) is 20.3 Å². The number of piperazine rings is 1. The molecule has 8 heteroatoms. The molecule has 3 rings (SSSR count). The van der Waals surface area contributed by atoms with Gasteiger partial charge in [-0.1, -0.05) is 12.1 Å². The first-order valence-corrected chi connectivity index (χ1v) is 10.6. The standard InChI is InChI=1S/C23H29F2N5O/c1-3-26-23(27-11-10-18-4-7-20(8-5-18)28-17(2)31)30-14-12-29(13-15-30)22-16-19(24)6-9-21(22)25/h4-9,16H,3,10-15H2,1-2H3,(H,26,27)(H,28,31). The molecular formula is C23H29F2N5O. The van der Waals surface area contributed by atoms with E-state index in [0.29, 0.717) is 38.4 Å². The molecule has 1 amide bonds. The number of hydrogen-bond donors (Lipinski definition) is 2. The number of nitrogens with one attached hydrogen (secondary N) is 2. The van der Waals surface area contributed by atoms with Gasteiger partial charge in [-0.05, 0) is 43.2 Å². The number of rotatable bonds is 6. The Labute approximate surface area is 182 Å². The van der Waals surface area contributed by atoms with E-state index in [1.807, 2.05) is 36.1 Å². The second-order valence-electron chi connectivity index (χ2n) is 7.43. The molecule has 0 atom stereocenters. The van der Waals surface area contributed by atoms with Crippen molar-refractivity contribution in [3.05, 3.63) is 59.7 Å². The normalized spacial score (nSPS) is 14.5. The lowest BCUT2D eigenvalue weighted by Crippen LogP contribution is -2.52. The molecule has 2 N–H and O–H groups in total. The average molecular weight is 430 g/mol. The van der Waals surface area contributed by atoms with Crippen LogP contribution in [0.3, 0.4) is 0 Å². The summed E-state index contributed by atoms with van der Waals surface area (Å²) in [5.74, 6) is -0.0941. The molecule has 1 aliphatic rings. The number of anilines is 2. The van der Waals surface area contributed by atoms with Crippen molar-refractivity contribution in [1.29, 1.82) is 0 Å². The van der Waals surface area contributed by atoms with Gasteiger partial charge in [0.25, 0.3) is 0 Å². The molecule has 31 heavy (non-hydrogen) atoms. The van der Waals surface area contributed by atoms with Crippen molar-refractivity contribution in [3.8, 4) is 0 Å². The monoisotopic (exact) mass is 429 g/mol. The molecule has 0 radical (unpaired) electrons. The molecule has 0 spiro atoms. The van der Waals surface area contributed by atoms with Gasteiger partial charge < -0.3 is 20.4 Å². The second kappa shape index (κ2) is 10.7. The summed E-state index contributed by atoms with van der Waals surface area (Å²) in [7, 11) is 0. The molecule has 2 aromatic carbocycles. The molecule has 166 valence electrons. The number of halogens is 2. The highest BCUT2D eigenvalue weighted by molar-refractivity contribution is 5.88. The van der Waals surface area contributed by atoms with Gasteiger partial charge in [-0.15, -0.1) is 0 Å². The van der Waals surface area contributed by atoms with Crippen molar-refractivity contribution in [3.63, 3.8) is 0 Å². The minimum Gasteiger partial charge on any atom is -0.366 e. The van der Waals surface area contributed by atoms with Crippen LogP contribution >= 0.6 is 0 Å². The van der Waals surface area contributed by atoms with Gasteiger partial charge in [-0.25, -0.2) is 8.78 Å². The van der Waals surface area contributed by atoms with Crippen molar-refractivity contribution in [1.82, 2.24) is 10.2 Å². The molecular weight excluding hydrogens is 400 g/mol. The molecule has 1 saturated heterocycles. The second-order valence-corrected chi connectivity index (χ2v) is 7.43. The van der Waals surface area contributed by atoms with Crippen LogP contribution in [0.15, 0.2) is 47.5 Å². The maximum absolute atomic E-state index is 14.1. The topological polar surface area (TPSA) is 60.0 Å². The molecule has 1 aliphatic heterocycles. The molecule has 0 saturated carbocycles. The number of carbonyl (C=O) groups is 1. The van der Waals surface area contributed by atoms with Gasteiger partial charge in [0.1, 0.15) is 11.6 Å². The number of aliphatic imine (C=N–C) groups is 1. The van der Waals surface area contributed by atoms with Gasteiger partial charge in [0.05, 0.1) is 5.69 Å². The van der Waals surface area contributed by atoms with Crippen LogP contribution in [0.4, 0.5) is 20.2 Å². The number of hydrogen-bond acceptors (Lipinski definition) is 3. The van der Waals surface area contributed by atoms with Crippen LogP contribution in [0.1, 0.15) is 19.4 Å². The molecule has 0 aliphatic carbocycles. The minimum absolute atomic E-state index is 0.0899. The first-order chi connectivity index (χ1) is 15.0. The zero-order valence-electron chi connectivity index (χ0n) is 18.0. The fourth-order valence-corrected chi connectivity index (χ4v) is 3.56. The quantitative estimate of drug-likeness (QED) is 0.547. The Morgan fingerprint density at radius 1 is 1.06 bits per heavy atom. The summed E-state index contributed by atoms with van der Waals surface area (Å²) in [6.45, 7) is 7.42. The van der Waals surface area contributed by atoms with E-state index >= 15 is 0 Å². The summed E-state index contributed by atoms with van der Waals surface area (Å²) in [6.07, 6.45) is 0.781. The lowest BCUT2D eigenvalue weighted by molar-refractivity contribution is -0.114. The van der Waals surface area contributed by atoms with E-state index in [2.05, 4.69) is 15.5 Å². The van der Waals surface area contributed by atoms with Crippen molar-refractivity contribution in [2.24, 2.45) is 4.99 Å². The molecule has 0 unspecified atom stereocenters. The highest BCUT2D eigenvalue weighted by Crippen LogP contribution is 2.22. The summed E-state index contributed by atoms with van der Waals surface area (Å²) in [6, 6.07) is 11.3. The summed E-state index contributed by atoms with van der Waals surface area (Å²) in [5, 5.41) is 6.08. The zero-order chi connectivity index (χ0) is 22.2. The zero-order valence-corrected chi connectivity index (χ0v) is 18.0. The number of guanidine groups is 1. The smallest absolute Gasteiger partial charge is 0.221 e. The maximum Gasteiger partial charge on any atom is 0.221 e. The predicted molar refractivity (Wildman–Crippen MR) is 121 cm³/mol. The van der Waals surface area contributed by atoms with Gasteiger partial charge in [0.15, 0.2) is 5.96 Å². The predicted octanol–water partition coefficient (Wildman–Crippen LogP) is 3.25. The lowest BCUT2D eigenvalue weighted by atomic mass is 10.1. The van der Waals surface area contributed by atoms with Crippen LogP contribution < -0.4 is 15.5 Å². The molecule has 2 aromatic rings. The minimum atomic E-state index is -0.432. The Bertz CT molecular complexity index is 909. The Hall–Kier alpha value is -3.16. The van der Waals surface area contributed by atoms with E-state index in [1.54, 1.807) is 0 Å². The SMILES string of the molecule is CCNC(=NCCc1ccc(NC(C)=O)cc1)N1CCN(c2cc(F)ccc2F)CC1. The number of nitrogens with zero attached hydrogens (tertiary/aromatic N) is 3. The fraction of sp³-hybridized carbons (Fsp3) is 0.391. The van der Waals surface area contributed by atoms with Crippen LogP contribution in [0, 0.1) is 11.6 Å². The van der Waals surface area contributed by atoms with Crippen LogP contribution in [0.25, 0.3) is 0 Å². The van der Waals surface area contributed by atoms with E-state index < -0.39 is 11.6 Å². The first-order valence-electron chi connectivity index (χ1n) is 10.6. The number of amides is 1. The first kappa shape index (κ1) is 22.5. The van der Waals surface area contributed by atoms with Gasteiger partial charge in [0, 0.05) is 57.9 Å². The molecule has 1 fully saturated rings. The Morgan fingerprint density at radius 2 is 1.77 bits per heavy atom. The van der Waals surface area contributed by atoms with E-state index in [-0.39, 0.29) is 5.91 Å². The number of benzene rings is 2. The van der Waals surface area contributed by atoms with E-state index in [0.717, 1.165) is 36.2 Å². The van der Waals surface area contributed by atoms with E-state index in [9.17, 15) is 13.6 Å². The molecule has 0 aromatic heterocycles. The van der Waals surface area contributed by atoms with Crippen LogP contribution in [0.5, 0.6) is 0 Å². The highest BCUT2D eigenvalue weighted by Gasteiger charge is 2.22. The van der Waals surface area contributed by atoms with Crippen LogP contribution in [0.2, 0.25) is 0 Å². The van der Waals surface area contributed by atoms with Crippen LogP contribution in [-0.4, -0.2) is 56.0 Å². The molecule has 1 heterocycles. The summed E-state index contributed by atoms with van der Waals surface area (Å²) in [5.41, 5.74) is 2.23. The lowest BCUT2D eigenvalue weighted by Gasteiger charge is -2.37. The van der Waals surface area contributed by atoms with E-state index in [4.69, 9.17) is 4.99 Å². The van der Waals surface area contributed by atoms with Crippen molar-refractivity contribution >= 4 is 23.2 Å². The van der Waals surface area contributed by atoms with Gasteiger partial charge in [-0.2, -0.15) is 0 Å². The summed E-state index contributed by atoms with van der Waals surface area (Å²) in [4.78, 5) is 19.9. The largest absolute Gasteiger partial charge is 0.366 e. The van der Waals surface area contributed by atoms with E-state index in [1.165, 1.54) is 19.1 Å². The molecule has 0 bridgehead atoms. The third-order valence-corrected chi connectivity index (χ3v) is 5.10. The van der Waals surface area contributed by atoms with Gasteiger partial charge in [0.2, 0.25) is 5.91 Å². The van der Waals surface area contributed by atoms with Crippen molar-refractivity contribution in [2.75, 3.05) is 49.5 Å². The third kappa shape index (κ3) is 6.41. The third-order valence-electron chi connectivity index (χ3n) is 5.10. The van der Waals surface area contributed by atoms with Gasteiger partial charge in [-0.3, -0.25) is 9.79 Å². The Balaban J connectivity index is 1.56. The summed E-state index contributed by atoms with van der Waals surface area (Å²) >= 11 is 0. The van der Waals surface area contributed by atoms with Crippen LogP contribution in [-0.2, 0) is 11.2 Å². The molecule has 6 nitrogen and oxygen atoms in total. The Kier molecular flexibility index (Phi) is 7.81. The van der Waals surface area contributed by atoms with Gasteiger partial charge >= 0.3 is 0 Å². The number of carbonyl (C=O) groups excluding carboxylic acids is 1.